The first-order valence-electron chi connectivity index (χ1n) is 10.9. The second-order valence-corrected chi connectivity index (χ2v) is 9.26. The second kappa shape index (κ2) is 10.0. The minimum absolute atomic E-state index is 0.133. The first kappa shape index (κ1) is 25.6. The van der Waals surface area contributed by atoms with Gasteiger partial charge in [0.2, 0.25) is 0 Å². The molecule has 0 spiro atoms. The fourth-order valence-corrected chi connectivity index (χ4v) is 3.79. The second-order valence-electron chi connectivity index (χ2n) is 9.26. The lowest BCUT2D eigenvalue weighted by Crippen LogP contribution is -2.44. The first-order chi connectivity index (χ1) is 15.9. The van der Waals surface area contributed by atoms with E-state index in [0.29, 0.717) is 25.1 Å². The number of methoxy groups -OCH3 is 1. The van der Waals surface area contributed by atoms with Crippen molar-refractivity contribution in [2.75, 3.05) is 13.7 Å². The zero-order valence-corrected chi connectivity index (χ0v) is 19.6. The summed E-state index contributed by atoms with van der Waals surface area (Å²) in [6.07, 6.45) is -4.52. The van der Waals surface area contributed by atoms with Crippen LogP contribution in [0.25, 0.3) is 11.1 Å². The average molecular weight is 479 g/mol. The number of nitrogens with one attached hydrogen (secondary N) is 1. The average Bonchev–Trinajstić information content (AvgIpc) is 3.20. The van der Waals surface area contributed by atoms with Gasteiger partial charge in [-0.25, -0.2) is 9.59 Å². The molecule has 0 aromatic heterocycles. The zero-order chi connectivity index (χ0) is 25.1. The molecule has 0 aliphatic carbocycles. The molecule has 184 valence electrons. The number of nitrogens with zero attached hydrogens (tertiary/aromatic N) is 1. The Hall–Kier alpha value is -3.07. The molecule has 34 heavy (non-hydrogen) atoms. The van der Waals surface area contributed by atoms with Crippen LogP contribution in [0.1, 0.15) is 38.3 Å². The molecule has 1 aliphatic heterocycles. The fourth-order valence-electron chi connectivity index (χ4n) is 3.79. The molecule has 1 saturated heterocycles. The smallest absolute Gasteiger partial charge is 0.416 e. The molecule has 1 amide bonds. The molecule has 1 aliphatic rings. The lowest BCUT2D eigenvalue weighted by molar-refractivity contribution is -0.145. The largest absolute Gasteiger partial charge is 0.467 e. The number of amides is 1. The molecule has 2 atom stereocenters. The van der Waals surface area contributed by atoms with Crippen LogP contribution in [0.4, 0.5) is 18.0 Å². The maximum Gasteiger partial charge on any atom is 0.416 e. The summed E-state index contributed by atoms with van der Waals surface area (Å²) < 4.78 is 48.6. The van der Waals surface area contributed by atoms with Gasteiger partial charge in [-0.05, 0) is 56.0 Å². The molecule has 0 radical (unpaired) electrons. The van der Waals surface area contributed by atoms with Gasteiger partial charge >= 0.3 is 18.2 Å². The summed E-state index contributed by atoms with van der Waals surface area (Å²) in [6.45, 7) is 6.08. The lowest BCUT2D eigenvalue weighted by atomic mass is 10.0. The van der Waals surface area contributed by atoms with Gasteiger partial charge in [-0.15, -0.1) is 0 Å². The van der Waals surface area contributed by atoms with Gasteiger partial charge in [0.1, 0.15) is 11.6 Å². The third-order valence-corrected chi connectivity index (χ3v) is 5.50. The molecule has 2 aromatic carbocycles. The van der Waals surface area contributed by atoms with Crippen molar-refractivity contribution in [2.24, 2.45) is 0 Å². The zero-order valence-electron chi connectivity index (χ0n) is 19.6. The molecule has 1 heterocycles. The van der Waals surface area contributed by atoms with Gasteiger partial charge in [0, 0.05) is 19.1 Å². The number of hydrogen-bond acceptors (Lipinski definition) is 5. The van der Waals surface area contributed by atoms with E-state index in [1.807, 2.05) is 24.3 Å². The molecule has 1 fully saturated rings. The Morgan fingerprint density at radius 2 is 1.56 bits per heavy atom. The molecule has 2 aromatic rings. The third kappa shape index (κ3) is 6.50. The number of carbonyl (C=O) groups is 2. The topological polar surface area (TPSA) is 67.9 Å². The Morgan fingerprint density at radius 3 is 2.06 bits per heavy atom. The molecular weight excluding hydrogens is 449 g/mol. The lowest BCUT2D eigenvalue weighted by Gasteiger charge is -2.27. The number of benzene rings is 2. The Kier molecular flexibility index (Phi) is 7.55. The monoisotopic (exact) mass is 478 g/mol. The van der Waals surface area contributed by atoms with Gasteiger partial charge in [0.25, 0.3) is 0 Å². The number of likely N-dealkylation sites (tertiary alicyclic amines) is 1. The molecule has 9 heteroatoms. The molecule has 1 N–H and O–H groups in total. The minimum atomic E-state index is -4.36. The van der Waals surface area contributed by atoms with Crippen LogP contribution in [0, 0.1) is 0 Å². The molecule has 6 nitrogen and oxygen atoms in total. The van der Waals surface area contributed by atoms with E-state index in [0.717, 1.165) is 23.3 Å². The van der Waals surface area contributed by atoms with Crippen LogP contribution in [0.5, 0.6) is 0 Å². The molecule has 3 rings (SSSR count). The maximum atomic E-state index is 12.8. The Morgan fingerprint density at radius 1 is 1.00 bits per heavy atom. The predicted octanol–water partition coefficient (Wildman–Crippen LogP) is 5.01. The number of rotatable bonds is 5. The van der Waals surface area contributed by atoms with E-state index in [1.54, 1.807) is 20.8 Å². The Balaban J connectivity index is 1.61. The highest BCUT2D eigenvalue weighted by Gasteiger charge is 2.42. The van der Waals surface area contributed by atoms with E-state index in [-0.39, 0.29) is 6.04 Å². The number of alkyl halides is 3. The van der Waals surface area contributed by atoms with Crippen molar-refractivity contribution in [1.29, 1.82) is 0 Å². The van der Waals surface area contributed by atoms with Gasteiger partial charge in [0.15, 0.2) is 0 Å². The van der Waals surface area contributed by atoms with E-state index >= 15 is 0 Å². The normalized spacial score (nSPS) is 18.6. The SMILES string of the molecule is COC(=O)[C@@H]1C[C@H](NCc2ccc(-c3ccc(C(F)(F)F)cc3)cc2)CN1C(=O)OC(C)(C)C. The Bertz CT molecular complexity index is 999. The highest BCUT2D eigenvalue weighted by Crippen LogP contribution is 2.31. The van der Waals surface area contributed by atoms with E-state index < -0.39 is 35.4 Å². The standard InChI is InChI=1S/C25H29F3N2O4/c1-24(2,3)34-23(32)30-15-20(13-21(30)22(31)33-4)29-14-16-5-7-17(8-6-16)18-9-11-19(12-10-18)25(26,27)28/h5-12,20-21,29H,13-15H2,1-4H3/t20-,21-/m0/s1. The van der Waals surface area contributed by atoms with Gasteiger partial charge < -0.3 is 14.8 Å². The van der Waals surface area contributed by atoms with Crippen LogP contribution in [-0.2, 0) is 27.0 Å². The van der Waals surface area contributed by atoms with E-state index in [1.165, 1.54) is 24.1 Å². The summed E-state index contributed by atoms with van der Waals surface area (Å²) in [5.74, 6) is -0.490. The summed E-state index contributed by atoms with van der Waals surface area (Å²) in [7, 11) is 1.29. The Labute approximate surface area is 197 Å². The van der Waals surface area contributed by atoms with E-state index in [4.69, 9.17) is 9.47 Å². The van der Waals surface area contributed by atoms with Crippen LogP contribution >= 0.6 is 0 Å². The molecule has 0 unspecified atom stereocenters. The summed E-state index contributed by atoms with van der Waals surface area (Å²) >= 11 is 0. The molecule has 0 bridgehead atoms. The van der Waals surface area contributed by atoms with Gasteiger partial charge in [-0.2, -0.15) is 13.2 Å². The van der Waals surface area contributed by atoms with Crippen LogP contribution < -0.4 is 5.32 Å². The summed E-state index contributed by atoms with van der Waals surface area (Å²) in [5, 5.41) is 3.36. The van der Waals surface area contributed by atoms with Crippen LogP contribution in [0.2, 0.25) is 0 Å². The van der Waals surface area contributed by atoms with Crippen molar-refractivity contribution < 1.29 is 32.2 Å². The van der Waals surface area contributed by atoms with Crippen molar-refractivity contribution in [2.45, 2.75) is 57.6 Å². The maximum absolute atomic E-state index is 12.8. The number of ether oxygens (including phenoxy) is 2. The highest BCUT2D eigenvalue weighted by atomic mass is 19.4. The number of carbonyl (C=O) groups excluding carboxylic acids is 2. The van der Waals surface area contributed by atoms with Crippen molar-refractivity contribution in [3.63, 3.8) is 0 Å². The van der Waals surface area contributed by atoms with Gasteiger partial charge in [0.05, 0.1) is 12.7 Å². The van der Waals surface area contributed by atoms with Gasteiger partial charge in [-0.1, -0.05) is 36.4 Å². The van der Waals surface area contributed by atoms with Gasteiger partial charge in [-0.3, -0.25) is 4.90 Å². The van der Waals surface area contributed by atoms with Crippen LogP contribution in [0.15, 0.2) is 48.5 Å². The molecule has 0 saturated carbocycles. The number of hydrogen-bond donors (Lipinski definition) is 1. The summed E-state index contributed by atoms with van der Waals surface area (Å²) in [6, 6.07) is 11.6. The highest BCUT2D eigenvalue weighted by molar-refractivity contribution is 5.82. The van der Waals surface area contributed by atoms with Crippen molar-refractivity contribution in [1.82, 2.24) is 10.2 Å². The van der Waals surface area contributed by atoms with Crippen LogP contribution in [0.3, 0.4) is 0 Å². The summed E-state index contributed by atoms with van der Waals surface area (Å²) in [4.78, 5) is 26.2. The number of halogens is 3. The van der Waals surface area contributed by atoms with Crippen molar-refractivity contribution in [3.05, 3.63) is 59.7 Å². The van der Waals surface area contributed by atoms with E-state index in [9.17, 15) is 22.8 Å². The van der Waals surface area contributed by atoms with Crippen molar-refractivity contribution >= 4 is 12.1 Å². The molecular formula is C25H29F3N2O4. The predicted molar refractivity (Wildman–Crippen MR) is 121 cm³/mol. The summed E-state index contributed by atoms with van der Waals surface area (Å²) in [5.41, 5.74) is 1.09. The minimum Gasteiger partial charge on any atom is -0.467 e. The quantitative estimate of drug-likeness (QED) is 0.612. The van der Waals surface area contributed by atoms with Crippen molar-refractivity contribution in [3.8, 4) is 11.1 Å². The first-order valence-corrected chi connectivity index (χ1v) is 10.9. The van der Waals surface area contributed by atoms with E-state index in [2.05, 4.69) is 5.32 Å². The third-order valence-electron chi connectivity index (χ3n) is 5.50. The number of esters is 1. The van der Waals surface area contributed by atoms with Crippen LogP contribution in [-0.4, -0.2) is 48.3 Å². The fraction of sp³-hybridized carbons (Fsp3) is 0.440.